The van der Waals surface area contributed by atoms with Crippen LogP contribution < -0.4 is 5.32 Å². The first-order valence-corrected chi connectivity index (χ1v) is 8.64. The van der Waals surface area contributed by atoms with Crippen LogP contribution in [0, 0.1) is 13.8 Å². The first kappa shape index (κ1) is 18.5. The van der Waals surface area contributed by atoms with Crippen LogP contribution >= 0.6 is 0 Å². The van der Waals surface area contributed by atoms with Crippen LogP contribution in [0.4, 0.5) is 0 Å². The monoisotopic (exact) mass is 367 g/mol. The number of nitrogens with zero attached hydrogens (tertiary/aromatic N) is 4. The number of esters is 1. The number of aryl methyl sites for hydroxylation is 2. The fourth-order valence-electron chi connectivity index (χ4n) is 2.67. The Morgan fingerprint density at radius 1 is 1.19 bits per heavy atom. The molecule has 1 atom stereocenters. The maximum Gasteiger partial charge on any atom is 0.378 e. The third-order valence-electron chi connectivity index (χ3n) is 4.11. The van der Waals surface area contributed by atoms with Crippen molar-refractivity contribution in [1.82, 2.24) is 24.9 Å². The molecule has 3 rings (SSSR count). The van der Waals surface area contributed by atoms with E-state index in [1.807, 2.05) is 57.2 Å². The Morgan fingerprint density at radius 3 is 2.67 bits per heavy atom. The van der Waals surface area contributed by atoms with E-state index >= 15 is 0 Å². The lowest BCUT2D eigenvalue weighted by atomic mass is 10.0. The molecule has 0 radical (unpaired) electrons. The minimum Gasteiger partial charge on any atom is -0.450 e. The highest BCUT2D eigenvalue weighted by atomic mass is 16.5. The molecule has 27 heavy (non-hydrogen) atoms. The topological polar surface area (TPSA) is 98.5 Å². The number of ether oxygens (including phenoxy) is 1. The average Bonchev–Trinajstić information content (AvgIpc) is 3.09. The lowest BCUT2D eigenvalue weighted by Gasteiger charge is -2.12. The summed E-state index contributed by atoms with van der Waals surface area (Å²) in [6, 6.07) is 11.7. The van der Waals surface area contributed by atoms with Gasteiger partial charge in [-0.15, -0.1) is 5.10 Å². The molecule has 2 aromatic heterocycles. The highest BCUT2D eigenvalue weighted by Gasteiger charge is 2.18. The largest absolute Gasteiger partial charge is 0.450 e. The number of hydrogen-bond acceptors (Lipinski definition) is 6. The van der Waals surface area contributed by atoms with Crippen LogP contribution in [0.2, 0.25) is 0 Å². The van der Waals surface area contributed by atoms with Crippen molar-refractivity contribution in [2.75, 3.05) is 13.2 Å². The molecule has 0 unspecified atom stereocenters. The summed E-state index contributed by atoms with van der Waals surface area (Å²) < 4.78 is 6.47. The first-order valence-electron chi connectivity index (χ1n) is 8.64. The fraction of sp³-hybridized carbons (Fsp3) is 0.316. The SMILES string of the molecule is Cc1cc(C)n2nc(C(=O)OCC(=O)NC[C@@H](C)c3ccccc3)nc2n1. The highest BCUT2D eigenvalue weighted by molar-refractivity contribution is 5.88. The molecule has 0 saturated heterocycles. The zero-order valence-corrected chi connectivity index (χ0v) is 15.5. The van der Waals surface area contributed by atoms with E-state index in [9.17, 15) is 9.59 Å². The number of carbonyl (C=O) groups excluding carboxylic acids is 2. The van der Waals surface area contributed by atoms with Gasteiger partial charge in [-0.3, -0.25) is 4.79 Å². The predicted octanol–water partition coefficient (Wildman–Crippen LogP) is 1.82. The average molecular weight is 367 g/mol. The van der Waals surface area contributed by atoms with Crippen LogP contribution in [-0.4, -0.2) is 44.6 Å². The van der Waals surface area contributed by atoms with Crippen molar-refractivity contribution < 1.29 is 14.3 Å². The van der Waals surface area contributed by atoms with Crippen LogP contribution in [0.5, 0.6) is 0 Å². The molecule has 0 fully saturated rings. The molecule has 2 heterocycles. The van der Waals surface area contributed by atoms with Gasteiger partial charge in [-0.2, -0.15) is 4.98 Å². The molecule has 0 saturated carbocycles. The van der Waals surface area contributed by atoms with Gasteiger partial charge in [0.25, 0.3) is 17.5 Å². The summed E-state index contributed by atoms with van der Waals surface area (Å²) in [5.74, 6) is -0.783. The fourth-order valence-corrected chi connectivity index (χ4v) is 2.67. The summed E-state index contributed by atoms with van der Waals surface area (Å²) in [5, 5.41) is 6.84. The van der Waals surface area contributed by atoms with Gasteiger partial charge in [-0.05, 0) is 31.4 Å². The predicted molar refractivity (Wildman–Crippen MR) is 98.4 cm³/mol. The second-order valence-corrected chi connectivity index (χ2v) is 6.38. The Hall–Kier alpha value is -3.29. The maximum atomic E-state index is 12.1. The van der Waals surface area contributed by atoms with E-state index in [1.54, 1.807) is 0 Å². The number of aromatic nitrogens is 4. The Labute approximate surface area is 156 Å². The molecule has 8 heteroatoms. The van der Waals surface area contributed by atoms with Gasteiger partial charge in [-0.25, -0.2) is 14.3 Å². The number of fused-ring (bicyclic) bond motifs is 1. The third kappa shape index (κ3) is 4.46. The molecule has 0 spiro atoms. The number of carbonyl (C=O) groups is 2. The zero-order valence-electron chi connectivity index (χ0n) is 15.5. The standard InChI is InChI=1S/C19H21N5O3/c1-12(15-7-5-4-6-8-15)10-20-16(25)11-27-18(26)17-22-19-21-13(2)9-14(3)24(19)23-17/h4-9,12H,10-11H2,1-3H3,(H,20,25)/t12-/m1/s1. The van der Waals surface area contributed by atoms with E-state index < -0.39 is 5.97 Å². The van der Waals surface area contributed by atoms with Gasteiger partial charge in [-0.1, -0.05) is 37.3 Å². The van der Waals surface area contributed by atoms with Gasteiger partial charge in [0.1, 0.15) is 0 Å². The van der Waals surface area contributed by atoms with E-state index in [0.717, 1.165) is 17.0 Å². The van der Waals surface area contributed by atoms with Crippen LogP contribution in [0.1, 0.15) is 40.4 Å². The van der Waals surface area contributed by atoms with E-state index in [1.165, 1.54) is 4.52 Å². The van der Waals surface area contributed by atoms with Gasteiger partial charge in [0, 0.05) is 17.9 Å². The van der Waals surface area contributed by atoms with E-state index in [-0.39, 0.29) is 24.3 Å². The summed E-state index contributed by atoms with van der Waals surface area (Å²) in [6.45, 7) is 5.75. The lowest BCUT2D eigenvalue weighted by Crippen LogP contribution is -2.31. The van der Waals surface area contributed by atoms with Crippen LogP contribution in [0.15, 0.2) is 36.4 Å². The summed E-state index contributed by atoms with van der Waals surface area (Å²) in [6.07, 6.45) is 0. The molecule has 0 bridgehead atoms. The second kappa shape index (κ2) is 7.94. The summed E-state index contributed by atoms with van der Waals surface area (Å²) in [5.41, 5.74) is 2.71. The van der Waals surface area contributed by atoms with Gasteiger partial charge < -0.3 is 10.1 Å². The minimum absolute atomic E-state index is 0.123. The van der Waals surface area contributed by atoms with Crippen molar-refractivity contribution in [2.45, 2.75) is 26.7 Å². The normalized spacial score (nSPS) is 12.0. The molecule has 3 aromatic rings. The Balaban J connectivity index is 1.53. The van der Waals surface area contributed by atoms with Crippen molar-refractivity contribution in [3.8, 4) is 0 Å². The van der Waals surface area contributed by atoms with Gasteiger partial charge >= 0.3 is 5.97 Å². The second-order valence-electron chi connectivity index (χ2n) is 6.38. The van der Waals surface area contributed by atoms with Crippen molar-refractivity contribution >= 4 is 17.7 Å². The molecule has 0 aliphatic carbocycles. The van der Waals surface area contributed by atoms with E-state index in [2.05, 4.69) is 20.4 Å². The first-order chi connectivity index (χ1) is 12.9. The molecule has 0 aliphatic heterocycles. The Morgan fingerprint density at radius 2 is 1.93 bits per heavy atom. The minimum atomic E-state index is -0.760. The van der Waals surface area contributed by atoms with Crippen molar-refractivity contribution in [2.24, 2.45) is 0 Å². The molecule has 1 aromatic carbocycles. The summed E-state index contributed by atoms with van der Waals surface area (Å²) >= 11 is 0. The third-order valence-corrected chi connectivity index (χ3v) is 4.11. The number of benzene rings is 1. The van der Waals surface area contributed by atoms with Crippen molar-refractivity contribution in [3.63, 3.8) is 0 Å². The van der Waals surface area contributed by atoms with Gasteiger partial charge in [0.05, 0.1) is 0 Å². The highest BCUT2D eigenvalue weighted by Crippen LogP contribution is 2.13. The molecule has 8 nitrogen and oxygen atoms in total. The number of amides is 1. The molecular formula is C19H21N5O3. The van der Waals surface area contributed by atoms with Crippen LogP contribution in [0.25, 0.3) is 5.78 Å². The van der Waals surface area contributed by atoms with Gasteiger partial charge in [0.2, 0.25) is 0 Å². The van der Waals surface area contributed by atoms with E-state index in [0.29, 0.717) is 12.3 Å². The number of nitrogens with one attached hydrogen (secondary N) is 1. The van der Waals surface area contributed by atoms with Crippen LogP contribution in [0.3, 0.4) is 0 Å². The molecule has 140 valence electrons. The summed E-state index contributed by atoms with van der Waals surface area (Å²) in [4.78, 5) is 32.3. The Bertz CT molecular complexity index is 968. The number of rotatable bonds is 6. The lowest BCUT2D eigenvalue weighted by molar-refractivity contribution is -0.124. The smallest absolute Gasteiger partial charge is 0.378 e. The molecule has 1 N–H and O–H groups in total. The van der Waals surface area contributed by atoms with E-state index in [4.69, 9.17) is 4.74 Å². The summed E-state index contributed by atoms with van der Waals surface area (Å²) in [7, 11) is 0. The van der Waals surface area contributed by atoms with Crippen molar-refractivity contribution in [3.05, 3.63) is 59.2 Å². The molecular weight excluding hydrogens is 346 g/mol. The Kier molecular flexibility index (Phi) is 5.44. The van der Waals surface area contributed by atoms with Gasteiger partial charge in [0.15, 0.2) is 6.61 Å². The molecule has 0 aliphatic rings. The quantitative estimate of drug-likeness (QED) is 0.667. The van der Waals surface area contributed by atoms with Crippen molar-refractivity contribution in [1.29, 1.82) is 0 Å². The maximum absolute atomic E-state index is 12.1. The van der Waals surface area contributed by atoms with Crippen LogP contribution in [-0.2, 0) is 9.53 Å². The zero-order chi connectivity index (χ0) is 19.4. The number of hydrogen-bond donors (Lipinski definition) is 1. The molecule has 1 amide bonds.